The molecule has 0 aliphatic carbocycles. The Balaban J connectivity index is 2.95. The van der Waals surface area contributed by atoms with Gasteiger partial charge in [-0.05, 0) is 18.2 Å². The van der Waals surface area contributed by atoms with Crippen molar-refractivity contribution in [3.63, 3.8) is 0 Å². The van der Waals surface area contributed by atoms with Crippen molar-refractivity contribution in [3.05, 3.63) is 36.4 Å². The van der Waals surface area contributed by atoms with Crippen molar-refractivity contribution in [2.75, 3.05) is 17.6 Å². The maximum Gasteiger partial charge on any atom is 0.248 e. The fourth-order valence-electron chi connectivity index (χ4n) is 1.04. The van der Waals surface area contributed by atoms with Crippen LogP contribution in [0.15, 0.2) is 30.9 Å². The first-order valence-corrected chi connectivity index (χ1v) is 4.19. The van der Waals surface area contributed by atoms with Crippen molar-refractivity contribution in [2.45, 2.75) is 0 Å². The summed E-state index contributed by atoms with van der Waals surface area (Å²) in [5.74, 6) is -0.466. The van der Waals surface area contributed by atoms with Gasteiger partial charge in [-0.25, -0.2) is 0 Å². The summed E-state index contributed by atoms with van der Waals surface area (Å²) >= 11 is 0. The van der Waals surface area contributed by atoms with E-state index in [1.807, 2.05) is 0 Å². The van der Waals surface area contributed by atoms with Crippen LogP contribution in [-0.2, 0) is 0 Å². The van der Waals surface area contributed by atoms with Gasteiger partial charge in [0.1, 0.15) is 0 Å². The molecule has 0 fully saturated rings. The molecule has 0 atom stereocenters. The van der Waals surface area contributed by atoms with Crippen LogP contribution in [0.25, 0.3) is 0 Å². The number of carbonyl (C=O) groups is 1. The Hall–Kier alpha value is -1.97. The Labute approximate surface area is 82.6 Å². The summed E-state index contributed by atoms with van der Waals surface area (Å²) in [7, 11) is 0. The lowest BCUT2D eigenvalue weighted by atomic mass is 10.1. The van der Waals surface area contributed by atoms with Crippen molar-refractivity contribution < 1.29 is 4.79 Å². The van der Waals surface area contributed by atoms with Crippen molar-refractivity contribution in [2.24, 2.45) is 5.73 Å². The van der Waals surface area contributed by atoms with Crippen LogP contribution in [0.2, 0.25) is 0 Å². The molecule has 14 heavy (non-hydrogen) atoms. The molecule has 0 aliphatic heterocycles. The molecule has 1 aromatic carbocycles. The number of anilines is 2. The van der Waals surface area contributed by atoms with Gasteiger partial charge >= 0.3 is 0 Å². The van der Waals surface area contributed by atoms with Gasteiger partial charge in [-0.2, -0.15) is 0 Å². The SMILES string of the molecule is C=CCNc1cc(C(N)=O)ccc1N. The number of amides is 1. The Morgan fingerprint density at radius 1 is 1.57 bits per heavy atom. The van der Waals surface area contributed by atoms with Gasteiger partial charge in [-0.15, -0.1) is 6.58 Å². The summed E-state index contributed by atoms with van der Waals surface area (Å²) in [5, 5.41) is 3.01. The molecule has 0 spiro atoms. The molecular weight excluding hydrogens is 178 g/mol. The number of benzene rings is 1. The second-order valence-corrected chi connectivity index (χ2v) is 2.84. The minimum Gasteiger partial charge on any atom is -0.397 e. The van der Waals surface area contributed by atoms with E-state index < -0.39 is 5.91 Å². The highest BCUT2D eigenvalue weighted by Crippen LogP contribution is 2.19. The van der Waals surface area contributed by atoms with Crippen LogP contribution in [0.4, 0.5) is 11.4 Å². The van der Waals surface area contributed by atoms with Gasteiger partial charge in [-0.1, -0.05) is 6.08 Å². The maximum absolute atomic E-state index is 10.9. The van der Waals surface area contributed by atoms with Gasteiger partial charge < -0.3 is 16.8 Å². The number of primary amides is 1. The van der Waals surface area contributed by atoms with Crippen molar-refractivity contribution in [1.82, 2.24) is 0 Å². The number of hydrogen-bond acceptors (Lipinski definition) is 3. The van der Waals surface area contributed by atoms with E-state index in [0.29, 0.717) is 23.5 Å². The lowest BCUT2D eigenvalue weighted by Crippen LogP contribution is -2.12. The largest absolute Gasteiger partial charge is 0.397 e. The maximum atomic E-state index is 10.9. The molecule has 0 heterocycles. The lowest BCUT2D eigenvalue weighted by Gasteiger charge is -2.08. The van der Waals surface area contributed by atoms with Crippen molar-refractivity contribution in [3.8, 4) is 0 Å². The number of carbonyl (C=O) groups excluding carboxylic acids is 1. The van der Waals surface area contributed by atoms with Gasteiger partial charge in [0.25, 0.3) is 0 Å². The third-order valence-electron chi connectivity index (χ3n) is 1.77. The Kier molecular flexibility index (Phi) is 3.12. The summed E-state index contributed by atoms with van der Waals surface area (Å²) in [5.41, 5.74) is 12.5. The predicted octanol–water partition coefficient (Wildman–Crippen LogP) is 0.966. The van der Waals surface area contributed by atoms with Crippen LogP contribution in [0.3, 0.4) is 0 Å². The van der Waals surface area contributed by atoms with Gasteiger partial charge in [0.15, 0.2) is 0 Å². The predicted molar refractivity (Wildman–Crippen MR) is 58.1 cm³/mol. The number of hydrogen-bond donors (Lipinski definition) is 3. The average Bonchev–Trinajstić information content (AvgIpc) is 2.16. The normalized spacial score (nSPS) is 9.43. The highest BCUT2D eigenvalue weighted by Gasteiger charge is 2.03. The average molecular weight is 191 g/mol. The van der Waals surface area contributed by atoms with E-state index in [1.54, 1.807) is 24.3 Å². The zero-order valence-corrected chi connectivity index (χ0v) is 7.79. The number of nitrogen functional groups attached to an aromatic ring is 1. The van der Waals surface area contributed by atoms with Crippen molar-refractivity contribution in [1.29, 1.82) is 0 Å². The summed E-state index contributed by atoms with van der Waals surface area (Å²) in [6, 6.07) is 4.86. The molecule has 0 aliphatic rings. The van der Waals surface area contributed by atoms with E-state index >= 15 is 0 Å². The molecule has 1 aromatic rings. The summed E-state index contributed by atoms with van der Waals surface area (Å²) in [4.78, 5) is 10.9. The monoisotopic (exact) mass is 191 g/mol. The number of nitrogens with two attached hydrogens (primary N) is 2. The summed E-state index contributed by atoms with van der Waals surface area (Å²) < 4.78 is 0. The van der Waals surface area contributed by atoms with Crippen LogP contribution in [0.5, 0.6) is 0 Å². The minimum absolute atomic E-state index is 0.436. The molecule has 0 aromatic heterocycles. The minimum atomic E-state index is -0.466. The summed E-state index contributed by atoms with van der Waals surface area (Å²) in [6.07, 6.45) is 1.70. The van der Waals surface area contributed by atoms with Crippen molar-refractivity contribution >= 4 is 17.3 Å². The Bertz CT molecular complexity index is 360. The molecule has 4 heteroatoms. The number of rotatable bonds is 4. The topological polar surface area (TPSA) is 81.1 Å². The van der Waals surface area contributed by atoms with E-state index in [9.17, 15) is 4.79 Å². The van der Waals surface area contributed by atoms with Crippen LogP contribution in [0, 0.1) is 0 Å². The van der Waals surface area contributed by atoms with Crippen LogP contribution < -0.4 is 16.8 Å². The highest BCUT2D eigenvalue weighted by molar-refractivity contribution is 5.94. The fourth-order valence-corrected chi connectivity index (χ4v) is 1.04. The standard InChI is InChI=1S/C10H13N3O/c1-2-5-13-9-6-7(10(12)14)3-4-8(9)11/h2-4,6,13H,1,5,11H2,(H2,12,14). The third-order valence-corrected chi connectivity index (χ3v) is 1.77. The quantitative estimate of drug-likeness (QED) is 0.490. The Morgan fingerprint density at radius 3 is 2.86 bits per heavy atom. The van der Waals surface area contributed by atoms with E-state index in [0.717, 1.165) is 0 Å². The molecule has 5 N–H and O–H groups in total. The fraction of sp³-hybridized carbons (Fsp3) is 0.100. The molecule has 74 valence electrons. The van der Waals surface area contributed by atoms with E-state index in [1.165, 1.54) is 0 Å². The smallest absolute Gasteiger partial charge is 0.248 e. The van der Waals surface area contributed by atoms with Gasteiger partial charge in [-0.3, -0.25) is 4.79 Å². The molecular formula is C10H13N3O. The molecule has 4 nitrogen and oxygen atoms in total. The van der Waals surface area contributed by atoms with E-state index in [4.69, 9.17) is 11.5 Å². The first kappa shape index (κ1) is 10.1. The molecule has 1 rings (SSSR count). The lowest BCUT2D eigenvalue weighted by molar-refractivity contribution is 0.100. The van der Waals surface area contributed by atoms with Crippen LogP contribution in [0.1, 0.15) is 10.4 Å². The molecule has 0 radical (unpaired) electrons. The van der Waals surface area contributed by atoms with Gasteiger partial charge in [0.2, 0.25) is 5.91 Å². The summed E-state index contributed by atoms with van der Waals surface area (Å²) in [6.45, 7) is 4.16. The first-order valence-electron chi connectivity index (χ1n) is 4.19. The molecule has 1 amide bonds. The second kappa shape index (κ2) is 4.32. The van der Waals surface area contributed by atoms with Gasteiger partial charge in [0.05, 0.1) is 11.4 Å². The van der Waals surface area contributed by atoms with E-state index in [-0.39, 0.29) is 0 Å². The Morgan fingerprint density at radius 2 is 2.29 bits per heavy atom. The zero-order valence-electron chi connectivity index (χ0n) is 7.79. The van der Waals surface area contributed by atoms with Gasteiger partial charge in [0, 0.05) is 12.1 Å². The second-order valence-electron chi connectivity index (χ2n) is 2.84. The first-order chi connectivity index (χ1) is 6.65. The molecule has 0 saturated heterocycles. The third kappa shape index (κ3) is 2.26. The van der Waals surface area contributed by atoms with E-state index in [2.05, 4.69) is 11.9 Å². The van der Waals surface area contributed by atoms with Crippen LogP contribution >= 0.6 is 0 Å². The number of nitrogens with one attached hydrogen (secondary N) is 1. The zero-order chi connectivity index (χ0) is 10.6. The molecule has 0 unspecified atom stereocenters. The highest BCUT2D eigenvalue weighted by atomic mass is 16.1. The molecule has 0 saturated carbocycles. The van der Waals surface area contributed by atoms with Crippen LogP contribution in [-0.4, -0.2) is 12.5 Å². The molecule has 0 bridgehead atoms.